The predicted octanol–water partition coefficient (Wildman–Crippen LogP) is 17.6. The highest BCUT2D eigenvalue weighted by Gasteiger charge is 2.22. The smallest absolute Gasteiger partial charge is 0.143 e. The normalized spacial score (nSPS) is 12.0. The molecule has 0 saturated carbocycles. The fourth-order valence-electron chi connectivity index (χ4n) is 10.4. The molecule has 0 spiro atoms. The molecular formula is C62H37NO2. The van der Waals surface area contributed by atoms with Crippen LogP contribution in [-0.2, 0) is 0 Å². The Hall–Kier alpha value is -8.66. The SMILES string of the molecule is c1ccc(-c2ccc(-c3cc(-c4ccc5c(c4)oc4ccccc45)cc(-c4cc5c(cc4-n4c6ccccc6c6cc7ccccc7cc64)oc4c6ccccc6ccc54)c3)cc2)cc1. The molecule has 0 atom stereocenters. The molecule has 0 aliphatic heterocycles. The minimum Gasteiger partial charge on any atom is -0.456 e. The van der Waals surface area contributed by atoms with E-state index in [9.17, 15) is 0 Å². The van der Waals surface area contributed by atoms with E-state index in [4.69, 9.17) is 8.83 Å². The molecule has 0 amide bonds. The van der Waals surface area contributed by atoms with Crippen molar-refractivity contribution in [1.82, 2.24) is 4.57 Å². The third kappa shape index (κ3) is 5.62. The lowest BCUT2D eigenvalue weighted by molar-refractivity contribution is 0.669. The zero-order valence-electron chi connectivity index (χ0n) is 35.1. The number of hydrogen-bond acceptors (Lipinski definition) is 2. The van der Waals surface area contributed by atoms with Crippen molar-refractivity contribution < 1.29 is 8.83 Å². The molecule has 14 aromatic rings. The second kappa shape index (κ2) is 13.9. The molecule has 14 rings (SSSR count). The minimum absolute atomic E-state index is 0.852. The summed E-state index contributed by atoms with van der Waals surface area (Å²) in [7, 11) is 0. The van der Waals surface area contributed by atoms with Gasteiger partial charge in [-0.25, -0.2) is 0 Å². The van der Waals surface area contributed by atoms with Gasteiger partial charge < -0.3 is 13.4 Å². The van der Waals surface area contributed by atoms with E-state index < -0.39 is 0 Å². The summed E-state index contributed by atoms with van der Waals surface area (Å²) in [6.45, 7) is 0. The summed E-state index contributed by atoms with van der Waals surface area (Å²) in [5, 5.41) is 11.5. The van der Waals surface area contributed by atoms with E-state index in [1.807, 2.05) is 12.1 Å². The van der Waals surface area contributed by atoms with Gasteiger partial charge in [-0.3, -0.25) is 0 Å². The number of nitrogens with zero attached hydrogens (tertiary/aromatic N) is 1. The first-order valence-corrected chi connectivity index (χ1v) is 22.2. The molecule has 11 aromatic carbocycles. The third-order valence-electron chi connectivity index (χ3n) is 13.5. The largest absolute Gasteiger partial charge is 0.456 e. The molecule has 65 heavy (non-hydrogen) atoms. The summed E-state index contributed by atoms with van der Waals surface area (Å²) in [6, 6.07) is 81.3. The number of hydrogen-bond donors (Lipinski definition) is 0. The Labute approximate surface area is 373 Å². The maximum absolute atomic E-state index is 6.97. The Bertz CT molecular complexity index is 4220. The fourth-order valence-corrected chi connectivity index (χ4v) is 10.4. The van der Waals surface area contributed by atoms with E-state index in [1.165, 1.54) is 32.7 Å². The van der Waals surface area contributed by atoms with Gasteiger partial charge in [-0.15, -0.1) is 0 Å². The monoisotopic (exact) mass is 827 g/mol. The molecule has 0 aliphatic carbocycles. The molecule has 0 aliphatic rings. The van der Waals surface area contributed by atoms with Crippen molar-refractivity contribution in [2.75, 3.05) is 0 Å². The van der Waals surface area contributed by atoms with Crippen molar-refractivity contribution >= 4 is 87.2 Å². The van der Waals surface area contributed by atoms with Crippen LogP contribution in [-0.4, -0.2) is 4.57 Å². The molecule has 3 aromatic heterocycles. The first-order valence-electron chi connectivity index (χ1n) is 22.2. The maximum atomic E-state index is 6.97. The lowest BCUT2D eigenvalue weighted by Gasteiger charge is -2.17. The van der Waals surface area contributed by atoms with Crippen LogP contribution in [0.3, 0.4) is 0 Å². The summed E-state index contributed by atoms with van der Waals surface area (Å²) < 4.78 is 15.9. The van der Waals surface area contributed by atoms with E-state index in [0.717, 1.165) is 105 Å². The summed E-state index contributed by atoms with van der Waals surface area (Å²) in [5.74, 6) is 0. The van der Waals surface area contributed by atoms with Crippen LogP contribution in [0.5, 0.6) is 0 Å². The Morgan fingerprint density at radius 1 is 0.262 bits per heavy atom. The van der Waals surface area contributed by atoms with E-state index >= 15 is 0 Å². The van der Waals surface area contributed by atoms with Gasteiger partial charge in [-0.2, -0.15) is 0 Å². The highest BCUT2D eigenvalue weighted by molar-refractivity contribution is 6.18. The Balaban J connectivity index is 1.07. The van der Waals surface area contributed by atoms with Crippen molar-refractivity contribution in [2.45, 2.75) is 0 Å². The summed E-state index contributed by atoms with van der Waals surface area (Å²) in [6.07, 6.45) is 0. The summed E-state index contributed by atoms with van der Waals surface area (Å²) in [5.41, 5.74) is 15.9. The molecular weight excluding hydrogens is 791 g/mol. The molecule has 0 radical (unpaired) electrons. The topological polar surface area (TPSA) is 31.2 Å². The number of benzene rings is 11. The van der Waals surface area contributed by atoms with Gasteiger partial charge in [0.1, 0.15) is 22.3 Å². The Morgan fingerprint density at radius 2 is 0.846 bits per heavy atom. The zero-order chi connectivity index (χ0) is 42.6. The molecule has 302 valence electrons. The van der Waals surface area contributed by atoms with Gasteiger partial charge in [0.2, 0.25) is 0 Å². The number of furan rings is 2. The highest BCUT2D eigenvalue weighted by Crippen LogP contribution is 2.45. The zero-order valence-corrected chi connectivity index (χ0v) is 35.1. The van der Waals surface area contributed by atoms with Crippen LogP contribution in [0, 0.1) is 0 Å². The molecule has 3 nitrogen and oxygen atoms in total. The average Bonchev–Trinajstić information content (AvgIpc) is 4.04. The van der Waals surface area contributed by atoms with Crippen LogP contribution in [0.15, 0.2) is 233 Å². The lowest BCUT2D eigenvalue weighted by Crippen LogP contribution is -1.98. The van der Waals surface area contributed by atoms with Crippen LogP contribution >= 0.6 is 0 Å². The number of para-hydroxylation sites is 2. The van der Waals surface area contributed by atoms with Crippen molar-refractivity contribution in [1.29, 1.82) is 0 Å². The van der Waals surface area contributed by atoms with Gasteiger partial charge in [0.25, 0.3) is 0 Å². The first kappa shape index (κ1) is 35.9. The second-order valence-electron chi connectivity index (χ2n) is 17.3. The van der Waals surface area contributed by atoms with E-state index in [-0.39, 0.29) is 0 Å². The van der Waals surface area contributed by atoms with Gasteiger partial charge in [-0.05, 0) is 122 Å². The lowest BCUT2D eigenvalue weighted by atomic mass is 9.91. The molecule has 0 fully saturated rings. The van der Waals surface area contributed by atoms with Crippen LogP contribution in [0.25, 0.3) is 137 Å². The van der Waals surface area contributed by atoms with Gasteiger partial charge in [0.15, 0.2) is 0 Å². The van der Waals surface area contributed by atoms with Crippen molar-refractivity contribution in [3.63, 3.8) is 0 Å². The quantitative estimate of drug-likeness (QED) is 0.173. The fraction of sp³-hybridized carbons (Fsp3) is 0. The summed E-state index contributed by atoms with van der Waals surface area (Å²) >= 11 is 0. The number of rotatable bonds is 5. The van der Waals surface area contributed by atoms with Crippen molar-refractivity contribution in [3.8, 4) is 50.2 Å². The van der Waals surface area contributed by atoms with Gasteiger partial charge >= 0.3 is 0 Å². The second-order valence-corrected chi connectivity index (χ2v) is 17.3. The molecule has 0 unspecified atom stereocenters. The van der Waals surface area contributed by atoms with Gasteiger partial charge in [0.05, 0.1) is 16.7 Å². The van der Waals surface area contributed by atoms with E-state index in [2.05, 4.69) is 217 Å². The minimum atomic E-state index is 0.852. The van der Waals surface area contributed by atoms with Crippen LogP contribution in [0.2, 0.25) is 0 Å². The molecule has 3 heterocycles. The van der Waals surface area contributed by atoms with Crippen LogP contribution < -0.4 is 0 Å². The number of aromatic nitrogens is 1. The van der Waals surface area contributed by atoms with Crippen molar-refractivity contribution in [2.24, 2.45) is 0 Å². The Morgan fingerprint density at radius 3 is 1.68 bits per heavy atom. The van der Waals surface area contributed by atoms with Crippen molar-refractivity contribution in [3.05, 3.63) is 224 Å². The molecule has 3 heteroatoms. The Kier molecular flexibility index (Phi) is 7.69. The van der Waals surface area contributed by atoms with E-state index in [1.54, 1.807) is 0 Å². The van der Waals surface area contributed by atoms with Gasteiger partial charge in [0, 0.05) is 49.3 Å². The highest BCUT2D eigenvalue weighted by atomic mass is 16.3. The molecule has 0 N–H and O–H groups in total. The third-order valence-corrected chi connectivity index (χ3v) is 13.5. The standard InChI is InChI=1S/C62H37NO2/c1-2-12-38(13-3-1)39-22-24-40(25-23-39)45-30-46(44-27-28-51-50-19-9-11-21-59(50)64-60(51)35-44)32-47(31-45)53-36-55-52-29-26-41-14-6-7-17-48(41)62(52)65-61(55)37-58(53)63-56-20-10-8-18-49(56)54-33-42-15-4-5-16-43(42)34-57(54)63/h1-37H. The average molecular weight is 828 g/mol. The summed E-state index contributed by atoms with van der Waals surface area (Å²) in [4.78, 5) is 0. The van der Waals surface area contributed by atoms with Gasteiger partial charge in [-0.1, -0.05) is 152 Å². The van der Waals surface area contributed by atoms with Crippen LogP contribution in [0.4, 0.5) is 0 Å². The molecule has 0 saturated heterocycles. The van der Waals surface area contributed by atoms with E-state index in [0.29, 0.717) is 0 Å². The predicted molar refractivity (Wildman–Crippen MR) is 272 cm³/mol. The number of fused-ring (bicyclic) bond motifs is 12. The first-order chi connectivity index (χ1) is 32.2. The molecule has 0 bridgehead atoms. The van der Waals surface area contributed by atoms with Crippen LogP contribution in [0.1, 0.15) is 0 Å². The maximum Gasteiger partial charge on any atom is 0.143 e.